The predicted octanol–water partition coefficient (Wildman–Crippen LogP) is 2.64. The second-order valence-electron chi connectivity index (χ2n) is 6.15. The van der Waals surface area contributed by atoms with E-state index in [-0.39, 0.29) is 5.41 Å². The summed E-state index contributed by atoms with van der Waals surface area (Å²) >= 11 is 1.82. The number of anilines is 1. The van der Waals surface area contributed by atoms with Crippen LogP contribution in [0.2, 0.25) is 0 Å². The molecule has 0 amide bonds. The van der Waals surface area contributed by atoms with Crippen molar-refractivity contribution in [2.45, 2.75) is 56.2 Å². The van der Waals surface area contributed by atoms with Gasteiger partial charge < -0.3 is 10.2 Å². The molecule has 0 atom stereocenters. The lowest BCUT2D eigenvalue weighted by Crippen LogP contribution is -2.22. The van der Waals surface area contributed by atoms with Gasteiger partial charge in [-0.05, 0) is 19.8 Å². The van der Waals surface area contributed by atoms with Crippen molar-refractivity contribution < 1.29 is 4.74 Å². The topological polar surface area (TPSA) is 73.1 Å². The summed E-state index contributed by atoms with van der Waals surface area (Å²) in [6, 6.07) is 0. The lowest BCUT2D eigenvalue weighted by molar-refractivity contribution is 0.1000. The number of aromatic nitrogens is 2. The van der Waals surface area contributed by atoms with Crippen molar-refractivity contribution in [3.63, 3.8) is 0 Å². The van der Waals surface area contributed by atoms with Gasteiger partial charge >= 0.3 is 0 Å². The van der Waals surface area contributed by atoms with Crippen LogP contribution in [0.25, 0.3) is 0 Å². The van der Waals surface area contributed by atoms with Crippen molar-refractivity contribution in [2.24, 2.45) is 5.84 Å². The number of ether oxygens (including phenoxy) is 1. The van der Waals surface area contributed by atoms with Gasteiger partial charge in [0.2, 0.25) is 0 Å². The van der Waals surface area contributed by atoms with Gasteiger partial charge in [-0.15, -0.1) is 11.8 Å². The fraction of sp³-hybridized carbons (Fsp3) is 0.714. The molecule has 0 saturated carbocycles. The van der Waals surface area contributed by atoms with Gasteiger partial charge in [0.25, 0.3) is 0 Å². The number of hydrogen-bond donors (Lipinski definition) is 2. The van der Waals surface area contributed by atoms with Crippen LogP contribution in [0.3, 0.4) is 0 Å². The molecular formula is C14H24N4OS. The summed E-state index contributed by atoms with van der Waals surface area (Å²) in [7, 11) is 0. The Morgan fingerprint density at radius 1 is 1.25 bits per heavy atom. The average molecular weight is 296 g/mol. The SMILES string of the molecule is Cc1c(NN)nc(C(C)(C)C)nc1SC1CCOCC1. The Hall–Kier alpha value is -0.850. The highest BCUT2D eigenvalue weighted by Gasteiger charge is 2.23. The molecular weight excluding hydrogens is 272 g/mol. The van der Waals surface area contributed by atoms with Gasteiger partial charge in [0.05, 0.1) is 0 Å². The number of hydrogen-bond acceptors (Lipinski definition) is 6. The highest BCUT2D eigenvalue weighted by molar-refractivity contribution is 7.99. The molecule has 0 aliphatic carbocycles. The van der Waals surface area contributed by atoms with Crippen LogP contribution in [0, 0.1) is 6.92 Å². The van der Waals surface area contributed by atoms with Gasteiger partial charge in [0.15, 0.2) is 0 Å². The summed E-state index contributed by atoms with van der Waals surface area (Å²) in [5, 5.41) is 1.60. The van der Waals surface area contributed by atoms with E-state index in [2.05, 4.69) is 31.2 Å². The highest BCUT2D eigenvalue weighted by atomic mass is 32.2. The van der Waals surface area contributed by atoms with Crippen molar-refractivity contribution in [3.05, 3.63) is 11.4 Å². The Morgan fingerprint density at radius 2 is 1.90 bits per heavy atom. The number of hydrazine groups is 1. The Labute approximate surface area is 125 Å². The van der Waals surface area contributed by atoms with Gasteiger partial charge in [-0.2, -0.15) is 0 Å². The van der Waals surface area contributed by atoms with Crippen LogP contribution >= 0.6 is 11.8 Å². The highest BCUT2D eigenvalue weighted by Crippen LogP contribution is 2.34. The Bertz CT molecular complexity index is 467. The van der Waals surface area contributed by atoms with Crippen molar-refractivity contribution in [1.82, 2.24) is 9.97 Å². The van der Waals surface area contributed by atoms with Gasteiger partial charge in [0, 0.05) is 29.4 Å². The number of nitrogens with zero attached hydrogens (tertiary/aromatic N) is 2. The van der Waals surface area contributed by atoms with Crippen molar-refractivity contribution in [2.75, 3.05) is 18.6 Å². The van der Waals surface area contributed by atoms with Gasteiger partial charge in [-0.1, -0.05) is 20.8 Å². The molecule has 5 nitrogen and oxygen atoms in total. The minimum Gasteiger partial charge on any atom is -0.381 e. The first-order valence-corrected chi connectivity index (χ1v) is 7.90. The van der Waals surface area contributed by atoms with Crippen molar-refractivity contribution in [3.8, 4) is 0 Å². The zero-order valence-corrected chi connectivity index (χ0v) is 13.5. The molecule has 0 radical (unpaired) electrons. The number of nitrogens with two attached hydrogens (primary N) is 1. The van der Waals surface area contributed by atoms with Gasteiger partial charge in [-0.3, -0.25) is 0 Å². The third-order valence-electron chi connectivity index (χ3n) is 3.36. The summed E-state index contributed by atoms with van der Waals surface area (Å²) in [4.78, 5) is 9.29. The lowest BCUT2D eigenvalue weighted by atomic mass is 9.95. The van der Waals surface area contributed by atoms with E-state index in [9.17, 15) is 0 Å². The molecule has 1 aromatic heterocycles. The van der Waals surface area contributed by atoms with E-state index in [1.54, 1.807) is 0 Å². The van der Waals surface area contributed by atoms with E-state index in [1.165, 1.54) is 0 Å². The quantitative estimate of drug-likeness (QED) is 0.507. The van der Waals surface area contributed by atoms with E-state index in [0.717, 1.165) is 48.3 Å². The first-order chi connectivity index (χ1) is 9.41. The summed E-state index contributed by atoms with van der Waals surface area (Å²) in [5.41, 5.74) is 3.63. The number of rotatable bonds is 3. The van der Waals surface area contributed by atoms with E-state index < -0.39 is 0 Å². The number of nitrogens with one attached hydrogen (secondary N) is 1. The smallest absolute Gasteiger partial charge is 0.147 e. The molecule has 0 aromatic carbocycles. The number of nitrogen functional groups attached to an aromatic ring is 1. The van der Waals surface area contributed by atoms with E-state index in [1.807, 2.05) is 18.7 Å². The molecule has 1 aliphatic rings. The molecule has 1 saturated heterocycles. The summed E-state index contributed by atoms with van der Waals surface area (Å²) in [6.07, 6.45) is 2.15. The lowest BCUT2D eigenvalue weighted by Gasteiger charge is -2.24. The molecule has 1 aliphatic heterocycles. The van der Waals surface area contributed by atoms with Crippen LogP contribution in [0.1, 0.15) is 45.0 Å². The molecule has 1 fully saturated rings. The molecule has 2 rings (SSSR count). The van der Waals surface area contributed by atoms with E-state index in [4.69, 9.17) is 15.6 Å². The van der Waals surface area contributed by atoms with E-state index >= 15 is 0 Å². The molecule has 3 N–H and O–H groups in total. The molecule has 0 bridgehead atoms. The van der Waals surface area contributed by atoms with E-state index in [0.29, 0.717) is 5.25 Å². The standard InChI is InChI=1S/C14H24N4OS/c1-9-11(18-15)16-13(14(2,3)4)17-12(9)20-10-5-7-19-8-6-10/h10H,5-8,15H2,1-4H3,(H,16,17,18). The summed E-state index contributed by atoms with van der Waals surface area (Å²) in [6.45, 7) is 10.0. The first-order valence-electron chi connectivity index (χ1n) is 7.02. The van der Waals surface area contributed by atoms with Crippen LogP contribution in [0.4, 0.5) is 5.82 Å². The van der Waals surface area contributed by atoms with Crippen LogP contribution in [-0.4, -0.2) is 28.4 Å². The van der Waals surface area contributed by atoms with Gasteiger partial charge in [-0.25, -0.2) is 15.8 Å². The Morgan fingerprint density at radius 3 is 2.45 bits per heavy atom. The second-order valence-corrected chi connectivity index (χ2v) is 7.44. The molecule has 0 spiro atoms. The fourth-order valence-electron chi connectivity index (χ4n) is 2.04. The predicted molar refractivity (Wildman–Crippen MR) is 83.0 cm³/mol. The number of thioether (sulfide) groups is 1. The normalized spacial score (nSPS) is 17.2. The summed E-state index contributed by atoms with van der Waals surface area (Å²) in [5.74, 6) is 7.14. The molecule has 6 heteroatoms. The van der Waals surface area contributed by atoms with Gasteiger partial charge in [0.1, 0.15) is 16.7 Å². The molecule has 20 heavy (non-hydrogen) atoms. The maximum absolute atomic E-state index is 5.60. The monoisotopic (exact) mass is 296 g/mol. The summed E-state index contributed by atoms with van der Waals surface area (Å²) < 4.78 is 5.41. The Kier molecular flexibility index (Phi) is 4.88. The van der Waals surface area contributed by atoms with Crippen molar-refractivity contribution in [1.29, 1.82) is 0 Å². The molecule has 2 heterocycles. The molecule has 0 unspecified atom stereocenters. The molecule has 112 valence electrons. The first kappa shape index (κ1) is 15.5. The third kappa shape index (κ3) is 3.62. The van der Waals surface area contributed by atoms with Crippen LogP contribution in [0.5, 0.6) is 0 Å². The zero-order chi connectivity index (χ0) is 14.8. The zero-order valence-electron chi connectivity index (χ0n) is 12.7. The minimum absolute atomic E-state index is 0.0930. The largest absolute Gasteiger partial charge is 0.381 e. The fourth-order valence-corrected chi connectivity index (χ4v) is 3.19. The minimum atomic E-state index is -0.0930. The van der Waals surface area contributed by atoms with Crippen LogP contribution in [0.15, 0.2) is 5.03 Å². The van der Waals surface area contributed by atoms with Crippen LogP contribution < -0.4 is 11.3 Å². The maximum atomic E-state index is 5.60. The second kappa shape index (κ2) is 6.28. The molecule has 1 aromatic rings. The maximum Gasteiger partial charge on any atom is 0.147 e. The third-order valence-corrected chi connectivity index (χ3v) is 4.78. The van der Waals surface area contributed by atoms with Crippen molar-refractivity contribution >= 4 is 17.6 Å². The Balaban J connectivity index is 2.30. The average Bonchev–Trinajstić information content (AvgIpc) is 2.41. The van der Waals surface area contributed by atoms with Crippen LogP contribution in [-0.2, 0) is 10.2 Å².